The standard InChI is InChI=1S/C20H24N2O3/c1-22(20(12-13-20)14-24-2)19(23)21-16-10-8-15(9-11-16)17-6-4-5-7-18(17)25-3/h4-11H,12-14H2,1-3H3,(H,21,23). The molecule has 132 valence electrons. The molecule has 1 N–H and O–H groups in total. The first-order chi connectivity index (χ1) is 12.1. The molecule has 1 saturated carbocycles. The van der Waals surface area contributed by atoms with Crippen molar-refractivity contribution in [1.82, 2.24) is 4.90 Å². The highest BCUT2D eigenvalue weighted by Crippen LogP contribution is 2.41. The van der Waals surface area contributed by atoms with Gasteiger partial charge in [-0.15, -0.1) is 0 Å². The van der Waals surface area contributed by atoms with Crippen molar-refractivity contribution in [2.75, 3.05) is 33.2 Å². The Morgan fingerprint density at radius 3 is 2.40 bits per heavy atom. The summed E-state index contributed by atoms with van der Waals surface area (Å²) in [6.45, 7) is 0.573. The van der Waals surface area contributed by atoms with E-state index in [-0.39, 0.29) is 11.6 Å². The van der Waals surface area contributed by atoms with Gasteiger partial charge in [0.15, 0.2) is 0 Å². The summed E-state index contributed by atoms with van der Waals surface area (Å²) in [5, 5.41) is 2.95. The highest BCUT2D eigenvalue weighted by Gasteiger charge is 2.48. The number of nitrogens with zero attached hydrogens (tertiary/aromatic N) is 1. The number of benzene rings is 2. The number of urea groups is 1. The molecule has 0 radical (unpaired) electrons. The Labute approximate surface area is 148 Å². The van der Waals surface area contributed by atoms with Gasteiger partial charge in [-0.1, -0.05) is 30.3 Å². The number of para-hydroxylation sites is 1. The number of hydrogen-bond acceptors (Lipinski definition) is 3. The summed E-state index contributed by atoms with van der Waals surface area (Å²) in [7, 11) is 5.16. The lowest BCUT2D eigenvalue weighted by molar-refractivity contribution is 0.108. The van der Waals surface area contributed by atoms with Crippen molar-refractivity contribution in [3.05, 3.63) is 48.5 Å². The van der Waals surface area contributed by atoms with Gasteiger partial charge in [0, 0.05) is 25.4 Å². The molecule has 1 aliphatic rings. The first kappa shape index (κ1) is 17.3. The minimum absolute atomic E-state index is 0.111. The first-order valence-electron chi connectivity index (χ1n) is 8.37. The van der Waals surface area contributed by atoms with Gasteiger partial charge in [0.1, 0.15) is 5.75 Å². The number of anilines is 1. The number of carbonyl (C=O) groups excluding carboxylic acids is 1. The molecule has 0 unspecified atom stereocenters. The molecule has 3 rings (SSSR count). The Balaban J connectivity index is 1.70. The lowest BCUT2D eigenvalue weighted by Gasteiger charge is -2.27. The van der Waals surface area contributed by atoms with Gasteiger partial charge < -0.3 is 19.7 Å². The van der Waals surface area contributed by atoms with E-state index in [1.165, 1.54) is 0 Å². The molecule has 1 aliphatic carbocycles. The number of likely N-dealkylation sites (N-methyl/N-ethyl adjacent to an activating group) is 1. The molecular formula is C20H24N2O3. The van der Waals surface area contributed by atoms with Crippen LogP contribution in [0.2, 0.25) is 0 Å². The van der Waals surface area contributed by atoms with Gasteiger partial charge in [-0.2, -0.15) is 0 Å². The van der Waals surface area contributed by atoms with Crippen molar-refractivity contribution >= 4 is 11.7 Å². The number of ether oxygens (including phenoxy) is 2. The number of rotatable bonds is 6. The second kappa shape index (κ2) is 7.15. The fourth-order valence-corrected chi connectivity index (χ4v) is 3.03. The maximum atomic E-state index is 12.5. The fraction of sp³-hybridized carbons (Fsp3) is 0.350. The lowest BCUT2D eigenvalue weighted by atomic mass is 10.0. The predicted octanol–water partition coefficient (Wildman–Crippen LogP) is 4.00. The Kier molecular flexibility index (Phi) is 4.95. The molecule has 25 heavy (non-hydrogen) atoms. The summed E-state index contributed by atoms with van der Waals surface area (Å²) < 4.78 is 10.6. The third kappa shape index (κ3) is 3.61. The van der Waals surface area contributed by atoms with Crippen LogP contribution in [0.4, 0.5) is 10.5 Å². The molecule has 5 nitrogen and oxygen atoms in total. The summed E-state index contributed by atoms with van der Waals surface area (Å²) in [6.07, 6.45) is 1.97. The van der Waals surface area contributed by atoms with Gasteiger partial charge in [-0.05, 0) is 36.6 Å². The van der Waals surface area contributed by atoms with Crippen LogP contribution < -0.4 is 10.1 Å². The summed E-state index contributed by atoms with van der Waals surface area (Å²) in [5.74, 6) is 0.828. The van der Waals surface area contributed by atoms with E-state index in [0.29, 0.717) is 6.61 Å². The molecule has 0 aromatic heterocycles. The van der Waals surface area contributed by atoms with Gasteiger partial charge in [0.05, 0.1) is 19.3 Å². The zero-order valence-electron chi connectivity index (χ0n) is 14.9. The van der Waals surface area contributed by atoms with E-state index in [2.05, 4.69) is 5.32 Å². The maximum Gasteiger partial charge on any atom is 0.322 e. The van der Waals surface area contributed by atoms with Crippen LogP contribution in [0.3, 0.4) is 0 Å². The van der Waals surface area contributed by atoms with Crippen molar-refractivity contribution in [1.29, 1.82) is 0 Å². The lowest BCUT2D eigenvalue weighted by Crippen LogP contribution is -2.44. The van der Waals surface area contributed by atoms with Crippen molar-refractivity contribution in [3.63, 3.8) is 0 Å². The second-order valence-corrected chi connectivity index (χ2v) is 6.42. The molecule has 0 spiro atoms. The van der Waals surface area contributed by atoms with Crippen LogP contribution in [0.25, 0.3) is 11.1 Å². The molecule has 2 amide bonds. The molecule has 0 aliphatic heterocycles. The van der Waals surface area contributed by atoms with E-state index in [9.17, 15) is 4.79 Å². The number of hydrogen-bond donors (Lipinski definition) is 1. The molecule has 1 fully saturated rings. The zero-order valence-corrected chi connectivity index (χ0v) is 14.9. The Bertz CT molecular complexity index is 739. The molecule has 0 atom stereocenters. The second-order valence-electron chi connectivity index (χ2n) is 6.42. The smallest absolute Gasteiger partial charge is 0.322 e. The van der Waals surface area contributed by atoms with Crippen LogP contribution >= 0.6 is 0 Å². The van der Waals surface area contributed by atoms with Crippen molar-refractivity contribution in [2.45, 2.75) is 18.4 Å². The average molecular weight is 340 g/mol. The minimum atomic E-state index is -0.143. The molecule has 2 aromatic carbocycles. The first-order valence-corrected chi connectivity index (χ1v) is 8.37. The highest BCUT2D eigenvalue weighted by atomic mass is 16.5. The normalized spacial score (nSPS) is 14.7. The van der Waals surface area contributed by atoms with Gasteiger partial charge in [-0.25, -0.2) is 4.79 Å². The Hall–Kier alpha value is -2.53. The fourth-order valence-electron chi connectivity index (χ4n) is 3.03. The van der Waals surface area contributed by atoms with E-state index >= 15 is 0 Å². The zero-order chi connectivity index (χ0) is 17.9. The molecule has 0 heterocycles. The molecule has 0 bridgehead atoms. The SMILES string of the molecule is COCC1(N(C)C(=O)Nc2ccc(-c3ccccc3OC)cc2)CC1. The van der Waals surface area contributed by atoms with Crippen molar-refractivity contribution in [3.8, 4) is 16.9 Å². The monoisotopic (exact) mass is 340 g/mol. The Morgan fingerprint density at radius 1 is 1.12 bits per heavy atom. The Morgan fingerprint density at radius 2 is 1.80 bits per heavy atom. The third-order valence-electron chi connectivity index (χ3n) is 4.81. The van der Waals surface area contributed by atoms with Gasteiger partial charge >= 0.3 is 6.03 Å². The van der Waals surface area contributed by atoms with E-state index < -0.39 is 0 Å². The molecule has 5 heteroatoms. The summed E-state index contributed by atoms with van der Waals surface area (Å²) in [6, 6.07) is 15.5. The van der Waals surface area contributed by atoms with E-state index in [1.807, 2.05) is 55.6 Å². The van der Waals surface area contributed by atoms with Crippen LogP contribution in [-0.4, -0.2) is 44.3 Å². The van der Waals surface area contributed by atoms with Crippen LogP contribution in [0, 0.1) is 0 Å². The van der Waals surface area contributed by atoms with Crippen LogP contribution in [0.5, 0.6) is 5.75 Å². The summed E-state index contributed by atoms with van der Waals surface area (Å²) in [4.78, 5) is 14.2. The van der Waals surface area contributed by atoms with Crippen molar-refractivity contribution < 1.29 is 14.3 Å². The average Bonchev–Trinajstić information content (AvgIpc) is 3.42. The quantitative estimate of drug-likeness (QED) is 0.864. The molecule has 0 saturated heterocycles. The maximum absolute atomic E-state index is 12.5. The number of nitrogens with one attached hydrogen (secondary N) is 1. The largest absolute Gasteiger partial charge is 0.496 e. The minimum Gasteiger partial charge on any atom is -0.496 e. The summed E-state index contributed by atoms with van der Waals surface area (Å²) in [5.41, 5.74) is 2.69. The highest BCUT2D eigenvalue weighted by molar-refractivity contribution is 5.90. The third-order valence-corrected chi connectivity index (χ3v) is 4.81. The van der Waals surface area contributed by atoms with Gasteiger partial charge in [-0.3, -0.25) is 0 Å². The van der Waals surface area contributed by atoms with E-state index in [4.69, 9.17) is 9.47 Å². The van der Waals surface area contributed by atoms with Gasteiger partial charge in [0.2, 0.25) is 0 Å². The van der Waals surface area contributed by atoms with Gasteiger partial charge in [0.25, 0.3) is 0 Å². The van der Waals surface area contributed by atoms with Crippen LogP contribution in [-0.2, 0) is 4.74 Å². The van der Waals surface area contributed by atoms with E-state index in [1.54, 1.807) is 19.1 Å². The van der Waals surface area contributed by atoms with Crippen LogP contribution in [0.1, 0.15) is 12.8 Å². The molecular weight excluding hydrogens is 316 g/mol. The summed E-state index contributed by atoms with van der Waals surface area (Å²) >= 11 is 0. The molecule has 2 aromatic rings. The number of methoxy groups -OCH3 is 2. The number of amides is 2. The van der Waals surface area contributed by atoms with E-state index in [0.717, 1.165) is 35.4 Å². The number of carbonyl (C=O) groups is 1. The van der Waals surface area contributed by atoms with Crippen molar-refractivity contribution in [2.24, 2.45) is 0 Å². The predicted molar refractivity (Wildman–Crippen MR) is 99.1 cm³/mol. The van der Waals surface area contributed by atoms with Crippen LogP contribution in [0.15, 0.2) is 48.5 Å². The topological polar surface area (TPSA) is 50.8 Å².